The highest BCUT2D eigenvalue weighted by Gasteiger charge is 2.26. The standard InChI is InChI=1S/C20H28ClN5O/c1-4-7-19(27)24-15-9-8-14(10-15)23-18-11-17(13(5-2)6-3)25-20-16(21)12-22-26(18)20/h5,11-12,14-15,23H,4,6-10H2,1-3H3,(H,24,27)/b13-5+/t14-,15-/m0/s1. The van der Waals surface area contributed by atoms with Gasteiger partial charge in [-0.05, 0) is 44.6 Å². The second-order valence-corrected chi connectivity index (χ2v) is 7.50. The molecule has 0 unspecified atom stereocenters. The van der Waals surface area contributed by atoms with Crippen LogP contribution in [0, 0.1) is 0 Å². The molecule has 3 rings (SSSR count). The van der Waals surface area contributed by atoms with Gasteiger partial charge in [0, 0.05) is 24.6 Å². The molecule has 2 atom stereocenters. The van der Waals surface area contributed by atoms with Gasteiger partial charge in [-0.3, -0.25) is 4.79 Å². The molecule has 27 heavy (non-hydrogen) atoms. The molecular formula is C20H28ClN5O. The highest BCUT2D eigenvalue weighted by atomic mass is 35.5. The van der Waals surface area contributed by atoms with Gasteiger partial charge in [0.1, 0.15) is 10.8 Å². The molecule has 7 heteroatoms. The van der Waals surface area contributed by atoms with E-state index in [1.807, 2.05) is 19.9 Å². The normalized spacial score (nSPS) is 20.2. The van der Waals surface area contributed by atoms with Crippen LogP contribution in [-0.2, 0) is 4.79 Å². The van der Waals surface area contributed by atoms with Crippen LogP contribution in [0.15, 0.2) is 18.3 Å². The van der Waals surface area contributed by atoms with Crippen molar-refractivity contribution in [3.8, 4) is 0 Å². The van der Waals surface area contributed by atoms with Crippen LogP contribution in [0.5, 0.6) is 0 Å². The van der Waals surface area contributed by atoms with Crippen molar-refractivity contribution < 1.29 is 4.79 Å². The van der Waals surface area contributed by atoms with Crippen molar-refractivity contribution in [3.63, 3.8) is 0 Å². The Bertz CT molecular complexity index is 844. The Kier molecular flexibility index (Phi) is 6.37. The summed E-state index contributed by atoms with van der Waals surface area (Å²) in [5.74, 6) is 1.04. The van der Waals surface area contributed by atoms with Gasteiger partial charge >= 0.3 is 0 Å². The Hall–Kier alpha value is -2.08. The summed E-state index contributed by atoms with van der Waals surface area (Å²) in [4.78, 5) is 16.5. The lowest BCUT2D eigenvalue weighted by molar-refractivity contribution is -0.121. The number of aromatic nitrogens is 3. The van der Waals surface area contributed by atoms with Crippen molar-refractivity contribution in [1.82, 2.24) is 19.9 Å². The number of anilines is 1. The molecule has 1 aliphatic carbocycles. The molecule has 2 N–H and O–H groups in total. The smallest absolute Gasteiger partial charge is 0.220 e. The van der Waals surface area contributed by atoms with E-state index < -0.39 is 0 Å². The number of rotatable bonds is 7. The summed E-state index contributed by atoms with van der Waals surface area (Å²) >= 11 is 6.29. The number of carbonyl (C=O) groups excluding carboxylic acids is 1. The second-order valence-electron chi connectivity index (χ2n) is 7.09. The van der Waals surface area contributed by atoms with E-state index in [9.17, 15) is 4.79 Å². The van der Waals surface area contributed by atoms with Crippen molar-refractivity contribution >= 4 is 34.5 Å². The lowest BCUT2D eigenvalue weighted by atomic mass is 10.1. The van der Waals surface area contributed by atoms with Crippen molar-refractivity contribution in [1.29, 1.82) is 0 Å². The van der Waals surface area contributed by atoms with Crippen molar-refractivity contribution in [3.05, 3.63) is 29.1 Å². The monoisotopic (exact) mass is 389 g/mol. The van der Waals surface area contributed by atoms with Crippen LogP contribution < -0.4 is 10.6 Å². The van der Waals surface area contributed by atoms with Gasteiger partial charge in [0.05, 0.1) is 11.9 Å². The third-order valence-corrected chi connectivity index (χ3v) is 5.38. The summed E-state index contributed by atoms with van der Waals surface area (Å²) in [5.41, 5.74) is 2.76. The Morgan fingerprint density at radius 1 is 1.37 bits per heavy atom. The predicted octanol–water partition coefficient (Wildman–Crippen LogP) is 4.45. The van der Waals surface area contributed by atoms with E-state index in [2.05, 4.69) is 28.7 Å². The van der Waals surface area contributed by atoms with Gasteiger partial charge in [-0.2, -0.15) is 9.61 Å². The van der Waals surface area contributed by atoms with Crippen LogP contribution in [0.25, 0.3) is 11.2 Å². The number of hydrogen-bond donors (Lipinski definition) is 2. The number of nitrogens with one attached hydrogen (secondary N) is 2. The van der Waals surface area contributed by atoms with Crippen LogP contribution in [0.4, 0.5) is 5.82 Å². The molecule has 0 saturated heterocycles. The summed E-state index contributed by atoms with van der Waals surface area (Å²) in [6.07, 6.45) is 9.00. The van der Waals surface area contributed by atoms with Crippen LogP contribution in [0.2, 0.25) is 5.02 Å². The number of fused-ring (bicyclic) bond motifs is 1. The SMILES string of the molecule is C/C=C(\CC)c1cc(N[C@H]2CC[C@H](NC(=O)CCC)C2)n2ncc(Cl)c2n1. The molecule has 1 amide bonds. The van der Waals surface area contributed by atoms with E-state index in [1.54, 1.807) is 10.7 Å². The Balaban J connectivity index is 1.79. The van der Waals surface area contributed by atoms with Gasteiger partial charge in [0.15, 0.2) is 5.65 Å². The summed E-state index contributed by atoms with van der Waals surface area (Å²) in [5, 5.41) is 11.7. The van der Waals surface area contributed by atoms with E-state index in [1.165, 1.54) is 5.57 Å². The Morgan fingerprint density at radius 2 is 2.15 bits per heavy atom. The molecule has 0 radical (unpaired) electrons. The quantitative estimate of drug-likeness (QED) is 0.734. The first-order chi connectivity index (χ1) is 13.0. The molecule has 0 spiro atoms. The summed E-state index contributed by atoms with van der Waals surface area (Å²) < 4.78 is 1.76. The zero-order chi connectivity index (χ0) is 19.4. The topological polar surface area (TPSA) is 71.3 Å². The second kappa shape index (κ2) is 8.74. The van der Waals surface area contributed by atoms with Crippen LogP contribution in [0.1, 0.15) is 65.0 Å². The van der Waals surface area contributed by atoms with Gasteiger partial charge in [0.2, 0.25) is 5.91 Å². The van der Waals surface area contributed by atoms with Crippen molar-refractivity contribution in [2.45, 2.75) is 71.4 Å². The summed E-state index contributed by atoms with van der Waals surface area (Å²) in [6, 6.07) is 2.56. The van der Waals surface area contributed by atoms with E-state index in [-0.39, 0.29) is 18.0 Å². The van der Waals surface area contributed by atoms with Gasteiger partial charge < -0.3 is 10.6 Å². The molecule has 2 aromatic heterocycles. The molecule has 2 heterocycles. The maximum absolute atomic E-state index is 11.9. The number of nitrogens with zero attached hydrogens (tertiary/aromatic N) is 3. The minimum Gasteiger partial charge on any atom is -0.367 e. The molecule has 0 aromatic carbocycles. The van der Waals surface area contributed by atoms with Crippen molar-refractivity contribution in [2.24, 2.45) is 0 Å². The van der Waals surface area contributed by atoms with E-state index in [0.29, 0.717) is 17.1 Å². The molecule has 1 fully saturated rings. The first kappa shape index (κ1) is 19.7. The zero-order valence-corrected chi connectivity index (χ0v) is 17.0. The van der Waals surface area contributed by atoms with E-state index in [0.717, 1.165) is 43.6 Å². The van der Waals surface area contributed by atoms with Gasteiger partial charge in [0.25, 0.3) is 0 Å². The van der Waals surface area contributed by atoms with Gasteiger partial charge in [-0.25, -0.2) is 4.98 Å². The average Bonchev–Trinajstić information content (AvgIpc) is 3.23. The number of hydrogen-bond acceptors (Lipinski definition) is 4. The Labute approximate surface area is 165 Å². The van der Waals surface area contributed by atoms with Crippen molar-refractivity contribution in [2.75, 3.05) is 5.32 Å². The third kappa shape index (κ3) is 4.43. The maximum atomic E-state index is 11.9. The van der Waals surface area contributed by atoms with Crippen LogP contribution >= 0.6 is 11.6 Å². The predicted molar refractivity (Wildman–Crippen MR) is 110 cm³/mol. The zero-order valence-electron chi connectivity index (χ0n) is 16.3. The van der Waals surface area contributed by atoms with E-state index in [4.69, 9.17) is 16.6 Å². The molecule has 2 aromatic rings. The molecule has 146 valence electrons. The fraction of sp³-hybridized carbons (Fsp3) is 0.550. The van der Waals surface area contributed by atoms with Crippen LogP contribution in [-0.4, -0.2) is 32.6 Å². The highest BCUT2D eigenvalue weighted by molar-refractivity contribution is 6.33. The number of amides is 1. The third-order valence-electron chi connectivity index (χ3n) is 5.11. The lowest BCUT2D eigenvalue weighted by Gasteiger charge is -2.17. The molecule has 6 nitrogen and oxygen atoms in total. The average molecular weight is 390 g/mol. The van der Waals surface area contributed by atoms with E-state index >= 15 is 0 Å². The first-order valence-electron chi connectivity index (χ1n) is 9.81. The molecular weight excluding hydrogens is 362 g/mol. The lowest BCUT2D eigenvalue weighted by Crippen LogP contribution is -2.33. The molecule has 0 bridgehead atoms. The van der Waals surface area contributed by atoms with Gasteiger partial charge in [-0.15, -0.1) is 0 Å². The summed E-state index contributed by atoms with van der Waals surface area (Å²) in [7, 11) is 0. The molecule has 1 saturated carbocycles. The largest absolute Gasteiger partial charge is 0.367 e. The minimum absolute atomic E-state index is 0.149. The molecule has 0 aliphatic heterocycles. The maximum Gasteiger partial charge on any atom is 0.220 e. The number of allylic oxidation sites excluding steroid dienone is 2. The van der Waals surface area contributed by atoms with Gasteiger partial charge in [-0.1, -0.05) is 31.5 Å². The highest BCUT2D eigenvalue weighted by Crippen LogP contribution is 2.28. The fourth-order valence-electron chi connectivity index (χ4n) is 3.72. The fourth-order valence-corrected chi connectivity index (χ4v) is 3.88. The number of halogens is 1. The Morgan fingerprint density at radius 3 is 2.85 bits per heavy atom. The molecule has 1 aliphatic rings. The minimum atomic E-state index is 0.149. The summed E-state index contributed by atoms with van der Waals surface area (Å²) in [6.45, 7) is 6.17. The van der Waals surface area contributed by atoms with Crippen LogP contribution in [0.3, 0.4) is 0 Å². The number of carbonyl (C=O) groups is 1. The first-order valence-corrected chi connectivity index (χ1v) is 10.2.